The molecule has 1 atom stereocenters. The molecule has 26 heavy (non-hydrogen) atoms. The molecule has 0 radical (unpaired) electrons. The summed E-state index contributed by atoms with van der Waals surface area (Å²) < 4.78 is 11.0. The summed E-state index contributed by atoms with van der Waals surface area (Å²) >= 11 is 0. The van der Waals surface area contributed by atoms with Crippen molar-refractivity contribution >= 4 is 11.8 Å². The molecule has 1 aliphatic rings. The molecule has 6 nitrogen and oxygen atoms in total. The van der Waals surface area contributed by atoms with Gasteiger partial charge in [0.2, 0.25) is 11.8 Å². The molecule has 0 heterocycles. The molecule has 2 amide bonds. The SMILES string of the molecule is CCCOc1ccc(CNC(=O)C(NC(C)=O)C2CCCC2)cc1OC. The molecule has 1 fully saturated rings. The van der Waals surface area contributed by atoms with E-state index in [0.29, 0.717) is 24.7 Å². The lowest BCUT2D eigenvalue weighted by molar-refractivity contribution is -0.129. The van der Waals surface area contributed by atoms with Gasteiger partial charge in [0.05, 0.1) is 13.7 Å². The highest BCUT2D eigenvalue weighted by atomic mass is 16.5. The lowest BCUT2D eigenvalue weighted by Crippen LogP contribution is -2.49. The summed E-state index contributed by atoms with van der Waals surface area (Å²) in [5.74, 6) is 1.28. The molecule has 1 unspecified atom stereocenters. The first kappa shape index (κ1) is 20.1. The highest BCUT2D eigenvalue weighted by Crippen LogP contribution is 2.29. The summed E-state index contributed by atoms with van der Waals surface area (Å²) in [7, 11) is 1.60. The Morgan fingerprint density at radius 3 is 2.58 bits per heavy atom. The largest absolute Gasteiger partial charge is 0.493 e. The quantitative estimate of drug-likeness (QED) is 0.708. The van der Waals surface area contributed by atoms with Crippen LogP contribution in [0.5, 0.6) is 11.5 Å². The molecule has 6 heteroatoms. The van der Waals surface area contributed by atoms with E-state index in [1.54, 1.807) is 7.11 Å². The highest BCUT2D eigenvalue weighted by molar-refractivity contribution is 5.87. The van der Waals surface area contributed by atoms with Crippen LogP contribution in [-0.2, 0) is 16.1 Å². The zero-order chi connectivity index (χ0) is 18.9. The Bertz CT molecular complexity index is 612. The van der Waals surface area contributed by atoms with Crippen LogP contribution >= 0.6 is 0 Å². The normalized spacial score (nSPS) is 15.3. The highest BCUT2D eigenvalue weighted by Gasteiger charge is 2.31. The third-order valence-corrected chi connectivity index (χ3v) is 4.67. The van der Waals surface area contributed by atoms with E-state index in [1.807, 2.05) is 25.1 Å². The summed E-state index contributed by atoms with van der Waals surface area (Å²) in [6, 6.07) is 5.19. The van der Waals surface area contributed by atoms with Crippen molar-refractivity contribution in [3.63, 3.8) is 0 Å². The van der Waals surface area contributed by atoms with E-state index in [9.17, 15) is 9.59 Å². The van der Waals surface area contributed by atoms with E-state index in [0.717, 1.165) is 37.7 Å². The maximum atomic E-state index is 12.6. The Kier molecular flexibility index (Phi) is 7.75. The lowest BCUT2D eigenvalue weighted by Gasteiger charge is -2.23. The molecule has 0 aromatic heterocycles. The molecular formula is C20H30N2O4. The Hall–Kier alpha value is -2.24. The van der Waals surface area contributed by atoms with E-state index in [2.05, 4.69) is 10.6 Å². The molecule has 0 saturated heterocycles. The first-order valence-electron chi connectivity index (χ1n) is 9.39. The van der Waals surface area contributed by atoms with Crippen LogP contribution in [0.1, 0.15) is 51.5 Å². The molecule has 1 aromatic carbocycles. The minimum absolute atomic E-state index is 0.127. The predicted molar refractivity (Wildman–Crippen MR) is 100 cm³/mol. The van der Waals surface area contributed by atoms with Gasteiger partial charge in [-0.2, -0.15) is 0 Å². The van der Waals surface area contributed by atoms with Crippen LogP contribution in [0.4, 0.5) is 0 Å². The minimum Gasteiger partial charge on any atom is -0.493 e. The van der Waals surface area contributed by atoms with E-state index in [4.69, 9.17) is 9.47 Å². The molecule has 1 aromatic rings. The first-order chi connectivity index (χ1) is 12.5. The number of nitrogens with one attached hydrogen (secondary N) is 2. The van der Waals surface area contributed by atoms with Gasteiger partial charge in [-0.15, -0.1) is 0 Å². The summed E-state index contributed by atoms with van der Waals surface area (Å²) in [6.45, 7) is 4.51. The third-order valence-electron chi connectivity index (χ3n) is 4.67. The van der Waals surface area contributed by atoms with Crippen LogP contribution in [0, 0.1) is 5.92 Å². The van der Waals surface area contributed by atoms with Crippen LogP contribution < -0.4 is 20.1 Å². The van der Waals surface area contributed by atoms with Gasteiger partial charge in [0.25, 0.3) is 0 Å². The maximum absolute atomic E-state index is 12.6. The van der Waals surface area contributed by atoms with Crippen LogP contribution in [0.2, 0.25) is 0 Å². The van der Waals surface area contributed by atoms with Crippen molar-refractivity contribution in [3.05, 3.63) is 23.8 Å². The fourth-order valence-corrected chi connectivity index (χ4v) is 3.36. The second-order valence-electron chi connectivity index (χ2n) is 6.77. The second kappa shape index (κ2) is 10.0. The molecule has 1 aliphatic carbocycles. The smallest absolute Gasteiger partial charge is 0.243 e. The summed E-state index contributed by atoms with van der Waals surface area (Å²) in [6.07, 6.45) is 5.12. The number of ether oxygens (including phenoxy) is 2. The van der Waals surface area contributed by atoms with Gasteiger partial charge in [0, 0.05) is 13.5 Å². The minimum atomic E-state index is -0.455. The van der Waals surface area contributed by atoms with E-state index in [1.165, 1.54) is 6.92 Å². The van der Waals surface area contributed by atoms with Crippen LogP contribution in [0.3, 0.4) is 0 Å². The Morgan fingerprint density at radius 2 is 1.96 bits per heavy atom. The number of hydrogen-bond acceptors (Lipinski definition) is 4. The fourth-order valence-electron chi connectivity index (χ4n) is 3.36. The van der Waals surface area contributed by atoms with Crippen molar-refractivity contribution in [1.82, 2.24) is 10.6 Å². The number of carbonyl (C=O) groups excluding carboxylic acids is 2. The van der Waals surface area contributed by atoms with Crippen molar-refractivity contribution in [1.29, 1.82) is 0 Å². The maximum Gasteiger partial charge on any atom is 0.243 e. The topological polar surface area (TPSA) is 76.7 Å². The van der Waals surface area contributed by atoms with Crippen molar-refractivity contribution in [2.45, 2.75) is 58.5 Å². The van der Waals surface area contributed by atoms with Crippen molar-refractivity contribution < 1.29 is 19.1 Å². The Balaban J connectivity index is 1.98. The first-order valence-corrected chi connectivity index (χ1v) is 9.39. The van der Waals surface area contributed by atoms with Gasteiger partial charge in [0.15, 0.2) is 11.5 Å². The number of hydrogen-bond donors (Lipinski definition) is 2. The van der Waals surface area contributed by atoms with Crippen molar-refractivity contribution in [2.24, 2.45) is 5.92 Å². The number of benzene rings is 1. The van der Waals surface area contributed by atoms with Crippen LogP contribution in [-0.4, -0.2) is 31.6 Å². The average molecular weight is 362 g/mol. The van der Waals surface area contributed by atoms with E-state index in [-0.39, 0.29) is 17.7 Å². The van der Waals surface area contributed by atoms with Gasteiger partial charge < -0.3 is 20.1 Å². The number of methoxy groups -OCH3 is 1. The van der Waals surface area contributed by atoms with Gasteiger partial charge in [-0.1, -0.05) is 25.8 Å². The third kappa shape index (κ3) is 5.64. The zero-order valence-electron chi connectivity index (χ0n) is 16.0. The van der Waals surface area contributed by atoms with Crippen molar-refractivity contribution in [3.8, 4) is 11.5 Å². The monoisotopic (exact) mass is 362 g/mol. The zero-order valence-corrected chi connectivity index (χ0v) is 16.0. The molecular weight excluding hydrogens is 332 g/mol. The summed E-state index contributed by atoms with van der Waals surface area (Å²) in [5, 5.41) is 5.76. The van der Waals surface area contributed by atoms with E-state index < -0.39 is 6.04 Å². The van der Waals surface area contributed by atoms with Crippen molar-refractivity contribution in [2.75, 3.05) is 13.7 Å². The predicted octanol–water partition coefficient (Wildman–Crippen LogP) is 2.80. The second-order valence-corrected chi connectivity index (χ2v) is 6.77. The van der Waals surface area contributed by atoms with E-state index >= 15 is 0 Å². The summed E-state index contributed by atoms with van der Waals surface area (Å²) in [4.78, 5) is 24.1. The van der Waals surface area contributed by atoms with Gasteiger partial charge in [-0.25, -0.2) is 0 Å². The van der Waals surface area contributed by atoms with Gasteiger partial charge in [-0.3, -0.25) is 9.59 Å². The molecule has 0 spiro atoms. The fraction of sp³-hybridized carbons (Fsp3) is 0.600. The number of amides is 2. The van der Waals surface area contributed by atoms with Gasteiger partial charge in [0.1, 0.15) is 6.04 Å². The molecule has 2 rings (SSSR count). The Labute approximate surface area is 155 Å². The van der Waals surface area contributed by atoms with Crippen LogP contribution in [0.15, 0.2) is 18.2 Å². The number of rotatable bonds is 9. The molecule has 0 bridgehead atoms. The standard InChI is InChI=1S/C20H30N2O4/c1-4-11-26-17-10-9-15(12-18(17)25-3)13-21-20(24)19(22-14(2)23)16-7-5-6-8-16/h9-10,12,16,19H,4-8,11,13H2,1-3H3,(H,21,24)(H,22,23). The Morgan fingerprint density at radius 1 is 1.23 bits per heavy atom. The van der Waals surface area contributed by atoms with Crippen LogP contribution in [0.25, 0.3) is 0 Å². The molecule has 2 N–H and O–H groups in total. The molecule has 0 aliphatic heterocycles. The molecule has 144 valence electrons. The molecule has 1 saturated carbocycles. The average Bonchev–Trinajstić information content (AvgIpc) is 3.16. The summed E-state index contributed by atoms with van der Waals surface area (Å²) in [5.41, 5.74) is 0.923. The van der Waals surface area contributed by atoms with Gasteiger partial charge >= 0.3 is 0 Å². The lowest BCUT2D eigenvalue weighted by atomic mass is 9.97. The number of carbonyl (C=O) groups is 2. The van der Waals surface area contributed by atoms with Gasteiger partial charge in [-0.05, 0) is 42.9 Å².